The summed E-state index contributed by atoms with van der Waals surface area (Å²) in [5, 5.41) is 0. The summed E-state index contributed by atoms with van der Waals surface area (Å²) in [4.78, 5) is 11.0. The predicted molar refractivity (Wildman–Crippen MR) is 62.2 cm³/mol. The molecule has 94 valence electrons. The third-order valence-corrected chi connectivity index (χ3v) is 2.33. The first kappa shape index (κ1) is 13.3. The maximum absolute atomic E-state index is 11.0. The molecular formula is C12H16O5. The molecular weight excluding hydrogens is 224 g/mol. The number of hydrogen-bond acceptors (Lipinski definition) is 5. The minimum Gasteiger partial charge on any atom is -0.493 e. The number of hydrogen-bond donors (Lipinski definition) is 0. The zero-order chi connectivity index (χ0) is 12.8. The van der Waals surface area contributed by atoms with Crippen LogP contribution in [0.3, 0.4) is 0 Å². The Kier molecular flexibility index (Phi) is 4.78. The highest BCUT2D eigenvalue weighted by Crippen LogP contribution is 2.39. The van der Waals surface area contributed by atoms with Crippen molar-refractivity contribution < 1.29 is 23.7 Å². The lowest BCUT2D eigenvalue weighted by atomic mass is 10.1. The Morgan fingerprint density at radius 1 is 1.18 bits per heavy atom. The second-order valence-electron chi connectivity index (χ2n) is 3.32. The van der Waals surface area contributed by atoms with Crippen LogP contribution in [-0.4, -0.2) is 34.4 Å². The van der Waals surface area contributed by atoms with Crippen molar-refractivity contribution >= 4 is 6.29 Å². The Hall–Kier alpha value is -1.75. The van der Waals surface area contributed by atoms with Gasteiger partial charge in [-0.15, -0.1) is 0 Å². The smallest absolute Gasteiger partial charge is 0.188 e. The van der Waals surface area contributed by atoms with E-state index >= 15 is 0 Å². The molecule has 0 fully saturated rings. The minimum absolute atomic E-state index is 0.0666. The lowest BCUT2D eigenvalue weighted by Gasteiger charge is -2.16. The van der Waals surface area contributed by atoms with E-state index in [-0.39, 0.29) is 6.79 Å². The Bertz CT molecular complexity index is 400. The highest BCUT2D eigenvalue weighted by atomic mass is 16.7. The van der Waals surface area contributed by atoms with Gasteiger partial charge >= 0.3 is 0 Å². The maximum Gasteiger partial charge on any atom is 0.188 e. The molecule has 0 saturated carbocycles. The van der Waals surface area contributed by atoms with E-state index in [0.717, 1.165) is 0 Å². The predicted octanol–water partition coefficient (Wildman–Crippen LogP) is 1.81. The molecule has 0 heterocycles. The average Bonchev–Trinajstić information content (AvgIpc) is 2.36. The highest BCUT2D eigenvalue weighted by Gasteiger charge is 2.17. The summed E-state index contributed by atoms with van der Waals surface area (Å²) < 4.78 is 20.6. The standard InChI is InChI=1S/C12H16O5/c1-8-11(17-7-14-2)9(6-13)5-10(15-3)12(8)16-4/h5-6H,7H2,1-4H3. The van der Waals surface area contributed by atoms with E-state index in [1.54, 1.807) is 13.0 Å². The third kappa shape index (κ3) is 2.68. The molecule has 1 rings (SSSR count). The molecule has 0 amide bonds. The topological polar surface area (TPSA) is 54.0 Å². The number of methoxy groups -OCH3 is 3. The molecule has 0 aliphatic rings. The van der Waals surface area contributed by atoms with Gasteiger partial charge in [-0.1, -0.05) is 0 Å². The summed E-state index contributed by atoms with van der Waals surface area (Å²) in [7, 11) is 4.56. The van der Waals surface area contributed by atoms with Gasteiger partial charge in [0.2, 0.25) is 0 Å². The maximum atomic E-state index is 11.0. The van der Waals surface area contributed by atoms with Gasteiger partial charge in [0, 0.05) is 12.7 Å². The molecule has 5 nitrogen and oxygen atoms in total. The van der Waals surface area contributed by atoms with E-state index in [4.69, 9.17) is 18.9 Å². The van der Waals surface area contributed by atoms with Crippen LogP contribution in [0.2, 0.25) is 0 Å². The van der Waals surface area contributed by atoms with Crippen LogP contribution in [0.15, 0.2) is 6.07 Å². The van der Waals surface area contributed by atoms with Gasteiger partial charge in [-0.2, -0.15) is 0 Å². The Balaban J connectivity index is 3.30. The number of carbonyl (C=O) groups is 1. The SMILES string of the molecule is COCOc1c(C=O)cc(OC)c(OC)c1C. The second kappa shape index (κ2) is 6.10. The van der Waals surface area contributed by atoms with E-state index in [0.29, 0.717) is 34.7 Å². The van der Waals surface area contributed by atoms with Crippen molar-refractivity contribution in [3.8, 4) is 17.2 Å². The van der Waals surface area contributed by atoms with Crippen molar-refractivity contribution in [3.05, 3.63) is 17.2 Å². The summed E-state index contributed by atoms with van der Waals surface area (Å²) in [6.45, 7) is 1.86. The van der Waals surface area contributed by atoms with Crippen LogP contribution in [0.25, 0.3) is 0 Å². The summed E-state index contributed by atoms with van der Waals surface area (Å²) in [5.74, 6) is 1.49. The van der Waals surface area contributed by atoms with Gasteiger partial charge in [-0.3, -0.25) is 4.79 Å². The fourth-order valence-electron chi connectivity index (χ4n) is 1.58. The van der Waals surface area contributed by atoms with Crippen LogP contribution in [-0.2, 0) is 4.74 Å². The second-order valence-corrected chi connectivity index (χ2v) is 3.32. The first-order valence-corrected chi connectivity index (χ1v) is 5.02. The Morgan fingerprint density at radius 3 is 2.35 bits per heavy atom. The fourth-order valence-corrected chi connectivity index (χ4v) is 1.58. The number of benzene rings is 1. The molecule has 0 atom stereocenters. The van der Waals surface area contributed by atoms with Crippen LogP contribution in [0.5, 0.6) is 17.2 Å². The van der Waals surface area contributed by atoms with Gasteiger partial charge in [0.05, 0.1) is 19.8 Å². The summed E-state index contributed by atoms with van der Waals surface area (Å²) in [5.41, 5.74) is 1.10. The highest BCUT2D eigenvalue weighted by molar-refractivity contribution is 5.82. The van der Waals surface area contributed by atoms with Crippen molar-refractivity contribution in [1.82, 2.24) is 0 Å². The van der Waals surface area contributed by atoms with Crippen LogP contribution in [0.1, 0.15) is 15.9 Å². The van der Waals surface area contributed by atoms with E-state index in [9.17, 15) is 4.79 Å². The van der Waals surface area contributed by atoms with Gasteiger partial charge in [0.25, 0.3) is 0 Å². The van der Waals surface area contributed by atoms with Crippen LogP contribution in [0.4, 0.5) is 0 Å². The van der Waals surface area contributed by atoms with Gasteiger partial charge in [-0.05, 0) is 13.0 Å². The van der Waals surface area contributed by atoms with Crippen LogP contribution >= 0.6 is 0 Å². The molecule has 0 unspecified atom stereocenters. The quantitative estimate of drug-likeness (QED) is 0.560. The van der Waals surface area contributed by atoms with E-state index in [2.05, 4.69) is 0 Å². The molecule has 17 heavy (non-hydrogen) atoms. The van der Waals surface area contributed by atoms with Gasteiger partial charge in [0.1, 0.15) is 5.75 Å². The van der Waals surface area contributed by atoms with Crippen molar-refractivity contribution in [2.45, 2.75) is 6.92 Å². The van der Waals surface area contributed by atoms with Crippen LogP contribution in [0, 0.1) is 6.92 Å². The molecule has 0 bridgehead atoms. The zero-order valence-corrected chi connectivity index (χ0v) is 10.4. The first-order valence-electron chi connectivity index (χ1n) is 5.02. The van der Waals surface area contributed by atoms with E-state index in [1.807, 2.05) is 0 Å². The van der Waals surface area contributed by atoms with Gasteiger partial charge in [0.15, 0.2) is 24.6 Å². The lowest BCUT2D eigenvalue weighted by Crippen LogP contribution is -2.05. The molecule has 1 aromatic rings. The molecule has 1 aromatic carbocycles. The molecule has 0 aromatic heterocycles. The zero-order valence-electron chi connectivity index (χ0n) is 10.4. The largest absolute Gasteiger partial charge is 0.493 e. The molecule has 0 spiro atoms. The molecule has 0 N–H and O–H groups in total. The van der Waals surface area contributed by atoms with Gasteiger partial charge < -0.3 is 18.9 Å². The fraction of sp³-hybridized carbons (Fsp3) is 0.417. The monoisotopic (exact) mass is 240 g/mol. The first-order chi connectivity index (χ1) is 8.19. The molecule has 0 radical (unpaired) electrons. The lowest BCUT2D eigenvalue weighted by molar-refractivity contribution is 0.0498. The van der Waals surface area contributed by atoms with E-state index in [1.165, 1.54) is 21.3 Å². The number of carbonyl (C=O) groups excluding carboxylic acids is 1. The number of ether oxygens (including phenoxy) is 4. The molecule has 0 aliphatic heterocycles. The number of aldehydes is 1. The van der Waals surface area contributed by atoms with Gasteiger partial charge in [-0.25, -0.2) is 0 Å². The van der Waals surface area contributed by atoms with Crippen molar-refractivity contribution in [3.63, 3.8) is 0 Å². The molecule has 0 aliphatic carbocycles. The summed E-state index contributed by atoms with van der Waals surface area (Å²) in [6, 6.07) is 1.57. The number of rotatable bonds is 6. The van der Waals surface area contributed by atoms with E-state index < -0.39 is 0 Å². The molecule has 5 heteroatoms. The molecule has 0 saturated heterocycles. The van der Waals surface area contributed by atoms with Crippen molar-refractivity contribution in [2.24, 2.45) is 0 Å². The van der Waals surface area contributed by atoms with Crippen molar-refractivity contribution in [1.29, 1.82) is 0 Å². The summed E-state index contributed by atoms with van der Waals surface area (Å²) >= 11 is 0. The third-order valence-electron chi connectivity index (χ3n) is 2.33. The van der Waals surface area contributed by atoms with Crippen LogP contribution < -0.4 is 14.2 Å². The Morgan fingerprint density at radius 2 is 1.88 bits per heavy atom. The normalized spacial score (nSPS) is 9.88. The minimum atomic E-state index is 0.0666. The van der Waals surface area contributed by atoms with Crippen molar-refractivity contribution in [2.75, 3.05) is 28.1 Å². The average molecular weight is 240 g/mol. The Labute approximate surface area is 100 Å². The summed E-state index contributed by atoms with van der Waals surface area (Å²) in [6.07, 6.45) is 0.708.